The first-order valence-corrected chi connectivity index (χ1v) is 19.1. The molecule has 0 aliphatic heterocycles. The summed E-state index contributed by atoms with van der Waals surface area (Å²) in [7, 11) is 0. The van der Waals surface area contributed by atoms with Crippen LogP contribution in [0, 0.1) is 5.41 Å². The molecule has 0 saturated heterocycles. The lowest BCUT2D eigenvalue weighted by molar-refractivity contribution is 0.515. The molecule has 280 valence electrons. The predicted molar refractivity (Wildman–Crippen MR) is 229 cm³/mol. The molecule has 3 aromatic carbocycles. The molecule has 6 aromatic rings. The molecule has 1 unspecified atom stereocenters. The Morgan fingerprint density at radius 2 is 0.873 bits per heavy atom. The van der Waals surface area contributed by atoms with Crippen LogP contribution in [0.1, 0.15) is 91.8 Å². The SMILES string of the molecule is CC(/C=C\C(=C/N)C(C)(C)C)c1ccc(-c2nc(-c3ccc(-c4ccc(C(C)(C)C)cn4)cc3)nc(-c3ccc(-c4ccc(C(C)(C)C)cn4)cc3)n2)cc1. The van der Waals surface area contributed by atoms with Crippen LogP contribution >= 0.6 is 0 Å². The number of hydrogen-bond acceptors (Lipinski definition) is 6. The lowest BCUT2D eigenvalue weighted by Gasteiger charge is -2.20. The third kappa shape index (κ3) is 9.32. The molecule has 0 bridgehead atoms. The Hall–Kier alpha value is -5.75. The Balaban J connectivity index is 1.34. The Bertz CT molecular complexity index is 2160. The molecule has 1 atom stereocenters. The van der Waals surface area contributed by atoms with E-state index in [1.807, 2.05) is 12.4 Å². The second-order valence-corrected chi connectivity index (χ2v) is 17.5. The van der Waals surface area contributed by atoms with E-state index >= 15 is 0 Å². The molecule has 0 saturated carbocycles. The number of nitrogens with zero attached hydrogens (tertiary/aromatic N) is 5. The first kappa shape index (κ1) is 39.0. The minimum atomic E-state index is -0.0211. The van der Waals surface area contributed by atoms with Crippen LogP contribution in [-0.4, -0.2) is 24.9 Å². The highest BCUT2D eigenvalue weighted by Gasteiger charge is 2.18. The fraction of sp³-hybridized carbons (Fsp3) is 0.286. The molecule has 3 aromatic heterocycles. The van der Waals surface area contributed by atoms with Crippen LogP contribution in [0.4, 0.5) is 0 Å². The molecule has 6 nitrogen and oxygen atoms in total. The average Bonchev–Trinajstić information content (AvgIpc) is 3.17. The van der Waals surface area contributed by atoms with Gasteiger partial charge in [0.1, 0.15) is 0 Å². The zero-order chi connectivity index (χ0) is 39.5. The van der Waals surface area contributed by atoms with Gasteiger partial charge in [0.05, 0.1) is 11.4 Å². The molecule has 0 aliphatic carbocycles. The second-order valence-electron chi connectivity index (χ2n) is 17.5. The van der Waals surface area contributed by atoms with E-state index in [1.165, 1.54) is 16.7 Å². The summed E-state index contributed by atoms with van der Waals surface area (Å²) in [6.45, 7) is 21.9. The molecule has 0 amide bonds. The lowest BCUT2D eigenvalue weighted by Crippen LogP contribution is -2.11. The minimum absolute atomic E-state index is 0.0211. The van der Waals surface area contributed by atoms with Crippen LogP contribution in [0.25, 0.3) is 56.7 Å². The van der Waals surface area contributed by atoms with Gasteiger partial charge >= 0.3 is 0 Å². The van der Waals surface area contributed by atoms with Crippen LogP contribution in [0.15, 0.2) is 133 Å². The van der Waals surface area contributed by atoms with E-state index in [1.54, 1.807) is 6.20 Å². The Morgan fingerprint density at radius 1 is 0.509 bits per heavy atom. The second kappa shape index (κ2) is 15.5. The molecule has 0 radical (unpaired) electrons. The van der Waals surface area contributed by atoms with Crippen LogP contribution < -0.4 is 5.73 Å². The third-order valence-corrected chi connectivity index (χ3v) is 10.1. The van der Waals surface area contributed by atoms with Crippen molar-refractivity contribution in [2.24, 2.45) is 11.1 Å². The number of hydrogen-bond donors (Lipinski definition) is 1. The molecule has 2 N–H and O–H groups in total. The molecule has 6 heteroatoms. The van der Waals surface area contributed by atoms with Gasteiger partial charge in [-0.3, -0.25) is 9.97 Å². The van der Waals surface area contributed by atoms with Crippen molar-refractivity contribution in [1.29, 1.82) is 0 Å². The van der Waals surface area contributed by atoms with Gasteiger partial charge in [0.25, 0.3) is 0 Å². The number of benzene rings is 3. The van der Waals surface area contributed by atoms with Crippen molar-refractivity contribution in [3.8, 4) is 56.7 Å². The average molecular weight is 727 g/mol. The van der Waals surface area contributed by atoms with Crippen molar-refractivity contribution in [3.63, 3.8) is 0 Å². The lowest BCUT2D eigenvalue weighted by atomic mass is 9.86. The third-order valence-electron chi connectivity index (χ3n) is 10.1. The summed E-state index contributed by atoms with van der Waals surface area (Å²) in [5.74, 6) is 2.03. The molecule has 55 heavy (non-hydrogen) atoms. The summed E-state index contributed by atoms with van der Waals surface area (Å²) >= 11 is 0. The molecular weight excluding hydrogens is 673 g/mol. The van der Waals surface area contributed by atoms with Crippen LogP contribution in [0.5, 0.6) is 0 Å². The van der Waals surface area contributed by atoms with Gasteiger partial charge in [0, 0.05) is 40.2 Å². The van der Waals surface area contributed by atoms with Crippen molar-refractivity contribution in [3.05, 3.63) is 150 Å². The molecule has 6 rings (SSSR count). The van der Waals surface area contributed by atoms with E-state index in [9.17, 15) is 0 Å². The summed E-state index contributed by atoms with van der Waals surface area (Å²) in [6.07, 6.45) is 9.98. The van der Waals surface area contributed by atoms with Crippen molar-refractivity contribution in [2.45, 2.75) is 86.0 Å². The highest BCUT2D eigenvalue weighted by atomic mass is 15.0. The summed E-state index contributed by atoms with van der Waals surface area (Å²) in [5, 5.41) is 0. The van der Waals surface area contributed by atoms with Gasteiger partial charge in [-0.15, -0.1) is 0 Å². The first-order chi connectivity index (χ1) is 26.0. The van der Waals surface area contributed by atoms with E-state index < -0.39 is 0 Å². The molecule has 0 aliphatic rings. The Labute approximate surface area is 327 Å². The van der Waals surface area contributed by atoms with Gasteiger partial charge in [-0.05, 0) is 62.8 Å². The number of nitrogens with two attached hydrogens (primary N) is 1. The molecule has 0 fully saturated rings. The minimum Gasteiger partial charge on any atom is -0.404 e. The van der Waals surface area contributed by atoms with E-state index in [0.717, 1.165) is 44.8 Å². The fourth-order valence-corrected chi connectivity index (χ4v) is 6.21. The topological polar surface area (TPSA) is 90.5 Å². The number of pyridine rings is 2. The smallest absolute Gasteiger partial charge is 0.164 e. The number of allylic oxidation sites excluding steroid dienone is 3. The Morgan fingerprint density at radius 3 is 1.18 bits per heavy atom. The molecule has 3 heterocycles. The summed E-state index contributed by atoms with van der Waals surface area (Å²) in [5.41, 5.74) is 17.4. The zero-order valence-corrected chi connectivity index (χ0v) is 34.0. The normalized spacial score (nSPS) is 13.3. The molecular formula is C49H54N6. The van der Waals surface area contributed by atoms with Crippen molar-refractivity contribution < 1.29 is 0 Å². The van der Waals surface area contributed by atoms with Gasteiger partial charge in [0.15, 0.2) is 17.5 Å². The summed E-state index contributed by atoms with van der Waals surface area (Å²) in [6, 6.07) is 33.6. The maximum absolute atomic E-state index is 5.94. The van der Waals surface area contributed by atoms with Gasteiger partial charge in [-0.2, -0.15) is 0 Å². The van der Waals surface area contributed by atoms with Crippen LogP contribution in [0.3, 0.4) is 0 Å². The summed E-state index contributed by atoms with van der Waals surface area (Å²) in [4.78, 5) is 24.6. The maximum atomic E-state index is 5.94. The van der Waals surface area contributed by atoms with Gasteiger partial charge in [-0.25, -0.2) is 15.0 Å². The quantitative estimate of drug-likeness (QED) is 0.157. The first-order valence-electron chi connectivity index (χ1n) is 19.1. The van der Waals surface area contributed by atoms with Crippen molar-refractivity contribution in [2.75, 3.05) is 0 Å². The van der Waals surface area contributed by atoms with Crippen molar-refractivity contribution >= 4 is 0 Å². The van der Waals surface area contributed by atoms with Gasteiger partial charge in [-0.1, -0.05) is 166 Å². The van der Waals surface area contributed by atoms with Gasteiger partial charge in [0.2, 0.25) is 0 Å². The predicted octanol–water partition coefficient (Wildman–Crippen LogP) is 12.1. The summed E-state index contributed by atoms with van der Waals surface area (Å²) < 4.78 is 0. The van der Waals surface area contributed by atoms with E-state index in [4.69, 9.17) is 30.7 Å². The largest absolute Gasteiger partial charge is 0.404 e. The van der Waals surface area contributed by atoms with Gasteiger partial charge < -0.3 is 5.73 Å². The maximum Gasteiger partial charge on any atom is 0.164 e. The van der Waals surface area contributed by atoms with E-state index in [-0.39, 0.29) is 22.2 Å². The van der Waals surface area contributed by atoms with Crippen molar-refractivity contribution in [1.82, 2.24) is 24.9 Å². The highest BCUT2D eigenvalue weighted by molar-refractivity contribution is 5.71. The van der Waals surface area contributed by atoms with Crippen LogP contribution in [0.2, 0.25) is 0 Å². The van der Waals surface area contributed by atoms with E-state index in [2.05, 4.69) is 178 Å². The number of rotatable bonds is 8. The zero-order valence-electron chi connectivity index (χ0n) is 34.0. The highest BCUT2D eigenvalue weighted by Crippen LogP contribution is 2.31. The van der Waals surface area contributed by atoms with E-state index in [0.29, 0.717) is 17.5 Å². The van der Waals surface area contributed by atoms with Crippen LogP contribution in [-0.2, 0) is 10.8 Å². The monoisotopic (exact) mass is 726 g/mol. The standard InChI is InChI=1S/C49H54N6/c1-32(11-24-39(29-50)47(2,3)4)33-12-18-36(19-13-33)44-53-45(37-20-14-34(15-21-37)42-27-25-40(30-51-42)48(5,6)7)55-46(54-44)38-22-16-35(17-23-38)43-28-26-41(31-52-43)49(8,9)10/h11-32H,50H2,1-10H3/b24-11-,39-29+. The molecule has 0 spiro atoms. The Kier molecular flexibility index (Phi) is 11.0. The number of aromatic nitrogens is 5. The fourth-order valence-electron chi connectivity index (χ4n) is 6.21.